The third kappa shape index (κ3) is 2.21. The van der Waals surface area contributed by atoms with Crippen molar-refractivity contribution in [1.82, 2.24) is 0 Å². The van der Waals surface area contributed by atoms with E-state index in [1.54, 1.807) is 0 Å². The molecule has 0 bridgehead atoms. The van der Waals surface area contributed by atoms with Crippen LogP contribution in [0.4, 0.5) is 0 Å². The summed E-state index contributed by atoms with van der Waals surface area (Å²) >= 11 is 0. The second-order valence-corrected chi connectivity index (χ2v) is 4.37. The van der Waals surface area contributed by atoms with Gasteiger partial charge in [0, 0.05) is 0 Å². The summed E-state index contributed by atoms with van der Waals surface area (Å²) in [5.41, 5.74) is 3.51. The molecule has 1 rings (SSSR count). The Morgan fingerprint density at radius 3 is 2.45 bits per heavy atom. The standard InChI is InChI=1S/C11H18/c1-5-10-6-9(2)7-11(3,4)8-10/h5-6H,7-8H2,1-4H3/b10-5-. The van der Waals surface area contributed by atoms with E-state index < -0.39 is 0 Å². The lowest BCUT2D eigenvalue weighted by Gasteiger charge is -2.30. The van der Waals surface area contributed by atoms with Gasteiger partial charge in [-0.1, -0.05) is 37.1 Å². The molecule has 0 N–H and O–H groups in total. The molecule has 0 unspecified atom stereocenters. The SMILES string of the molecule is C/C=C1/C=C(C)CC(C)(C)C1. The summed E-state index contributed by atoms with van der Waals surface area (Å²) in [5, 5.41) is 0. The van der Waals surface area contributed by atoms with Crippen molar-refractivity contribution in [2.45, 2.75) is 40.5 Å². The van der Waals surface area contributed by atoms with Gasteiger partial charge in [0.1, 0.15) is 0 Å². The molecule has 0 atom stereocenters. The predicted octanol–water partition coefficient (Wildman–Crippen LogP) is 3.70. The molecule has 0 heterocycles. The molecule has 0 saturated heterocycles. The van der Waals surface area contributed by atoms with E-state index in [-0.39, 0.29) is 0 Å². The monoisotopic (exact) mass is 150 g/mol. The van der Waals surface area contributed by atoms with Crippen LogP contribution in [0, 0.1) is 5.41 Å². The van der Waals surface area contributed by atoms with Gasteiger partial charge in [-0.15, -0.1) is 0 Å². The Kier molecular flexibility index (Phi) is 2.22. The smallest absolute Gasteiger partial charge is 0.0227 e. The van der Waals surface area contributed by atoms with Crippen LogP contribution in [0.5, 0.6) is 0 Å². The van der Waals surface area contributed by atoms with Gasteiger partial charge in [0.05, 0.1) is 0 Å². The maximum absolute atomic E-state index is 2.34. The van der Waals surface area contributed by atoms with Crippen LogP contribution in [0.1, 0.15) is 40.5 Å². The molecular formula is C11H18. The Morgan fingerprint density at radius 2 is 2.00 bits per heavy atom. The first-order chi connectivity index (χ1) is 5.03. The third-order valence-electron chi connectivity index (χ3n) is 2.24. The van der Waals surface area contributed by atoms with E-state index in [2.05, 4.69) is 39.8 Å². The molecule has 0 aromatic carbocycles. The van der Waals surface area contributed by atoms with E-state index in [1.165, 1.54) is 24.0 Å². The van der Waals surface area contributed by atoms with Crippen molar-refractivity contribution in [3.05, 3.63) is 23.3 Å². The lowest BCUT2D eigenvalue weighted by Crippen LogP contribution is -2.16. The van der Waals surface area contributed by atoms with Crippen LogP contribution in [0.3, 0.4) is 0 Å². The number of rotatable bonds is 0. The van der Waals surface area contributed by atoms with Crippen molar-refractivity contribution in [3.63, 3.8) is 0 Å². The fraction of sp³-hybridized carbons (Fsp3) is 0.636. The topological polar surface area (TPSA) is 0 Å². The average molecular weight is 150 g/mol. The van der Waals surface area contributed by atoms with Gasteiger partial charge in [0.15, 0.2) is 0 Å². The minimum absolute atomic E-state index is 0.487. The Bertz CT molecular complexity index is 204. The van der Waals surface area contributed by atoms with Crippen LogP contribution in [0.2, 0.25) is 0 Å². The normalized spacial score (nSPS) is 26.9. The minimum atomic E-state index is 0.487. The number of hydrogen-bond acceptors (Lipinski definition) is 0. The van der Waals surface area contributed by atoms with Crippen LogP contribution in [-0.4, -0.2) is 0 Å². The molecule has 0 amide bonds. The highest BCUT2D eigenvalue weighted by Gasteiger charge is 2.22. The van der Waals surface area contributed by atoms with Crippen LogP contribution in [-0.2, 0) is 0 Å². The summed E-state index contributed by atoms with van der Waals surface area (Å²) in [4.78, 5) is 0. The fourth-order valence-electron chi connectivity index (χ4n) is 1.97. The molecule has 0 radical (unpaired) electrons. The molecule has 0 heteroatoms. The van der Waals surface area contributed by atoms with Crippen LogP contribution >= 0.6 is 0 Å². The summed E-state index contributed by atoms with van der Waals surface area (Å²) < 4.78 is 0. The summed E-state index contributed by atoms with van der Waals surface area (Å²) in [5.74, 6) is 0. The lowest BCUT2D eigenvalue weighted by molar-refractivity contribution is 0.351. The average Bonchev–Trinajstić information content (AvgIpc) is 1.83. The van der Waals surface area contributed by atoms with Gasteiger partial charge in [0.25, 0.3) is 0 Å². The van der Waals surface area contributed by atoms with Crippen molar-refractivity contribution in [2.24, 2.45) is 5.41 Å². The van der Waals surface area contributed by atoms with Crippen molar-refractivity contribution in [2.75, 3.05) is 0 Å². The summed E-state index contributed by atoms with van der Waals surface area (Å²) in [7, 11) is 0. The Labute approximate surface area is 70.0 Å². The maximum Gasteiger partial charge on any atom is -0.0227 e. The van der Waals surface area contributed by atoms with Crippen molar-refractivity contribution in [1.29, 1.82) is 0 Å². The molecule has 62 valence electrons. The van der Waals surface area contributed by atoms with Gasteiger partial charge in [-0.2, -0.15) is 0 Å². The molecule has 0 aromatic rings. The quantitative estimate of drug-likeness (QED) is 0.494. The van der Waals surface area contributed by atoms with Crippen molar-refractivity contribution in [3.8, 4) is 0 Å². The van der Waals surface area contributed by atoms with E-state index in [0.717, 1.165) is 0 Å². The highest BCUT2D eigenvalue weighted by Crippen LogP contribution is 2.37. The predicted molar refractivity (Wildman–Crippen MR) is 50.5 cm³/mol. The van der Waals surface area contributed by atoms with Crippen LogP contribution < -0.4 is 0 Å². The molecule has 0 nitrogen and oxygen atoms in total. The van der Waals surface area contributed by atoms with Gasteiger partial charge in [-0.25, -0.2) is 0 Å². The van der Waals surface area contributed by atoms with E-state index >= 15 is 0 Å². The first-order valence-corrected chi connectivity index (χ1v) is 4.36. The second-order valence-electron chi connectivity index (χ2n) is 4.37. The van der Waals surface area contributed by atoms with Gasteiger partial charge >= 0.3 is 0 Å². The summed E-state index contributed by atoms with van der Waals surface area (Å²) in [6.45, 7) is 9.03. The van der Waals surface area contributed by atoms with E-state index in [1.807, 2.05) is 0 Å². The van der Waals surface area contributed by atoms with Gasteiger partial charge in [-0.3, -0.25) is 0 Å². The molecule has 1 aliphatic carbocycles. The first kappa shape index (κ1) is 8.58. The Morgan fingerprint density at radius 1 is 1.36 bits per heavy atom. The van der Waals surface area contributed by atoms with Gasteiger partial charge < -0.3 is 0 Å². The van der Waals surface area contributed by atoms with Crippen LogP contribution in [0.15, 0.2) is 23.3 Å². The highest BCUT2D eigenvalue weighted by atomic mass is 14.3. The summed E-state index contributed by atoms with van der Waals surface area (Å²) in [6, 6.07) is 0. The number of allylic oxidation sites excluding steroid dienone is 4. The summed E-state index contributed by atoms with van der Waals surface area (Å²) in [6.07, 6.45) is 7.04. The molecule has 0 saturated carbocycles. The molecule has 0 spiro atoms. The van der Waals surface area contributed by atoms with E-state index in [0.29, 0.717) is 5.41 Å². The van der Waals surface area contributed by atoms with E-state index in [9.17, 15) is 0 Å². The number of hydrogen-bond donors (Lipinski definition) is 0. The van der Waals surface area contributed by atoms with E-state index in [4.69, 9.17) is 0 Å². The minimum Gasteiger partial charge on any atom is -0.0844 e. The fourth-order valence-corrected chi connectivity index (χ4v) is 1.97. The third-order valence-corrected chi connectivity index (χ3v) is 2.24. The highest BCUT2D eigenvalue weighted by molar-refractivity contribution is 5.28. The largest absolute Gasteiger partial charge is 0.0844 e. The maximum atomic E-state index is 2.34. The van der Waals surface area contributed by atoms with Crippen molar-refractivity contribution < 1.29 is 0 Å². The lowest BCUT2D eigenvalue weighted by atomic mass is 9.76. The zero-order valence-corrected chi connectivity index (χ0v) is 8.07. The van der Waals surface area contributed by atoms with Crippen LogP contribution in [0.25, 0.3) is 0 Å². The zero-order valence-electron chi connectivity index (χ0n) is 8.07. The molecular weight excluding hydrogens is 132 g/mol. The van der Waals surface area contributed by atoms with Gasteiger partial charge in [-0.05, 0) is 32.1 Å². The molecule has 0 aliphatic heterocycles. The molecule has 1 aliphatic rings. The second kappa shape index (κ2) is 2.84. The Balaban J connectivity index is 2.86. The van der Waals surface area contributed by atoms with Gasteiger partial charge in [0.2, 0.25) is 0 Å². The zero-order chi connectivity index (χ0) is 8.48. The molecule has 11 heavy (non-hydrogen) atoms. The van der Waals surface area contributed by atoms with Crippen molar-refractivity contribution >= 4 is 0 Å². The molecule has 0 fully saturated rings. The molecule has 0 aromatic heterocycles. The Hall–Kier alpha value is -0.520. The first-order valence-electron chi connectivity index (χ1n) is 4.36.